The second-order valence-corrected chi connectivity index (χ2v) is 9.90. The smallest absolute Gasteiger partial charge is 0.264 e. The van der Waals surface area contributed by atoms with E-state index < -0.39 is 5.91 Å². The third-order valence-corrected chi connectivity index (χ3v) is 7.54. The summed E-state index contributed by atoms with van der Waals surface area (Å²) in [7, 11) is 0. The van der Waals surface area contributed by atoms with Crippen LogP contribution < -0.4 is 21.3 Å². The average Bonchev–Trinajstić information content (AvgIpc) is 3.24. The van der Waals surface area contributed by atoms with Crippen LogP contribution >= 0.6 is 11.3 Å². The number of fused-ring (bicyclic) bond motifs is 3. The standard InChI is InChI=1S/C27H27N3O4S/c28-24(31)13-14-29-25(32)21-16-20(17-7-3-1-4-8-17)26(33)30-22-15-19(11-12-23(22)35-27(21)30)34-18-9-5-2-6-10-18/h1,3-4,7-8,11-12,15-16,18H,2,5-6,9-10,13-14H2,(H2,28,31)(H,29,32). The molecular weight excluding hydrogens is 462 g/mol. The van der Waals surface area contributed by atoms with Crippen molar-refractivity contribution < 1.29 is 14.3 Å². The van der Waals surface area contributed by atoms with Gasteiger partial charge in [-0.2, -0.15) is 0 Å². The van der Waals surface area contributed by atoms with Crippen LogP contribution in [0.1, 0.15) is 48.9 Å². The van der Waals surface area contributed by atoms with Crippen LogP contribution in [0.4, 0.5) is 0 Å². The van der Waals surface area contributed by atoms with Crippen molar-refractivity contribution in [3.05, 3.63) is 70.5 Å². The first-order valence-corrected chi connectivity index (χ1v) is 12.7. The number of ether oxygens (including phenoxy) is 1. The molecule has 35 heavy (non-hydrogen) atoms. The van der Waals surface area contributed by atoms with Gasteiger partial charge in [-0.15, -0.1) is 11.3 Å². The number of carbonyl (C=O) groups is 2. The molecule has 0 radical (unpaired) electrons. The number of primary amides is 1. The fourth-order valence-electron chi connectivity index (χ4n) is 4.61. The van der Waals surface area contributed by atoms with E-state index in [4.69, 9.17) is 10.5 Å². The minimum atomic E-state index is -0.489. The fraction of sp³-hybridized carbons (Fsp3) is 0.296. The molecule has 1 aliphatic carbocycles. The SMILES string of the molecule is NC(=O)CCNC(=O)c1cc(-c2ccccc2)c(=O)n2c1sc1ccc(OC3CCCCC3)cc12. The maximum Gasteiger partial charge on any atom is 0.264 e. The summed E-state index contributed by atoms with van der Waals surface area (Å²) in [6.07, 6.45) is 5.89. The van der Waals surface area contributed by atoms with E-state index in [0.29, 0.717) is 21.5 Å². The van der Waals surface area contributed by atoms with Gasteiger partial charge in [0.25, 0.3) is 11.5 Å². The summed E-state index contributed by atoms with van der Waals surface area (Å²) in [5, 5.41) is 2.76. The minimum Gasteiger partial charge on any atom is -0.490 e. The molecule has 2 amide bonds. The van der Waals surface area contributed by atoms with Crippen LogP contribution in [0.15, 0.2) is 59.4 Å². The van der Waals surface area contributed by atoms with Gasteiger partial charge in [-0.3, -0.25) is 18.8 Å². The summed E-state index contributed by atoms with van der Waals surface area (Å²) >= 11 is 1.38. The van der Waals surface area contributed by atoms with Gasteiger partial charge in [0.1, 0.15) is 10.6 Å². The van der Waals surface area contributed by atoms with Crippen molar-refractivity contribution >= 4 is 38.2 Å². The van der Waals surface area contributed by atoms with Crippen LogP contribution in [-0.2, 0) is 4.79 Å². The lowest BCUT2D eigenvalue weighted by Crippen LogP contribution is -2.29. The highest BCUT2D eigenvalue weighted by atomic mass is 32.1. The number of thiazole rings is 1. The molecule has 2 aromatic heterocycles. The predicted octanol–water partition coefficient (Wildman–Crippen LogP) is 4.50. The van der Waals surface area contributed by atoms with Gasteiger partial charge in [-0.25, -0.2) is 0 Å². The number of aromatic nitrogens is 1. The van der Waals surface area contributed by atoms with Gasteiger partial charge in [0, 0.05) is 24.6 Å². The second-order valence-electron chi connectivity index (χ2n) is 8.87. The number of rotatable bonds is 7. The van der Waals surface area contributed by atoms with Crippen LogP contribution in [0, 0.1) is 0 Å². The molecule has 3 N–H and O–H groups in total. The van der Waals surface area contributed by atoms with Gasteiger partial charge in [-0.1, -0.05) is 36.8 Å². The molecule has 4 aromatic rings. The van der Waals surface area contributed by atoms with E-state index in [1.807, 2.05) is 48.5 Å². The van der Waals surface area contributed by atoms with Crippen LogP contribution in [0.25, 0.3) is 26.2 Å². The average molecular weight is 490 g/mol. The molecule has 0 spiro atoms. The molecule has 2 aromatic carbocycles. The Bertz CT molecular complexity index is 1450. The largest absolute Gasteiger partial charge is 0.490 e. The Morgan fingerprint density at radius 3 is 2.57 bits per heavy atom. The topological polar surface area (TPSA) is 103 Å². The van der Waals surface area contributed by atoms with E-state index in [1.165, 1.54) is 30.6 Å². The van der Waals surface area contributed by atoms with Crippen LogP contribution in [-0.4, -0.2) is 28.9 Å². The number of benzene rings is 2. The van der Waals surface area contributed by atoms with Crippen LogP contribution in [0.3, 0.4) is 0 Å². The molecule has 180 valence electrons. The molecule has 1 fully saturated rings. The Balaban J connectivity index is 1.64. The molecule has 8 heteroatoms. The molecule has 1 saturated carbocycles. The van der Waals surface area contributed by atoms with Crippen LogP contribution in [0.5, 0.6) is 5.75 Å². The Labute approximate surface area is 206 Å². The molecule has 5 rings (SSSR count). The first-order valence-electron chi connectivity index (χ1n) is 11.9. The Morgan fingerprint density at radius 2 is 1.83 bits per heavy atom. The summed E-state index contributed by atoms with van der Waals surface area (Å²) in [4.78, 5) is 38.5. The van der Waals surface area contributed by atoms with E-state index in [1.54, 1.807) is 10.5 Å². The first-order chi connectivity index (χ1) is 17.0. The van der Waals surface area contributed by atoms with Crippen molar-refractivity contribution in [2.24, 2.45) is 5.73 Å². The van der Waals surface area contributed by atoms with Gasteiger partial charge in [0.05, 0.1) is 21.9 Å². The lowest BCUT2D eigenvalue weighted by molar-refractivity contribution is -0.117. The number of hydrogen-bond donors (Lipinski definition) is 2. The van der Waals surface area contributed by atoms with E-state index >= 15 is 0 Å². The third kappa shape index (κ3) is 4.79. The summed E-state index contributed by atoms with van der Waals surface area (Å²) < 4.78 is 8.75. The zero-order valence-corrected chi connectivity index (χ0v) is 20.1. The van der Waals surface area contributed by atoms with Gasteiger partial charge >= 0.3 is 0 Å². The van der Waals surface area contributed by atoms with E-state index in [-0.39, 0.29) is 30.5 Å². The lowest BCUT2D eigenvalue weighted by Gasteiger charge is -2.22. The molecule has 0 aliphatic heterocycles. The van der Waals surface area contributed by atoms with Crippen molar-refractivity contribution in [2.75, 3.05) is 6.54 Å². The van der Waals surface area contributed by atoms with Crippen molar-refractivity contribution in [1.82, 2.24) is 9.72 Å². The number of nitrogens with two attached hydrogens (primary N) is 1. The Hall–Kier alpha value is -3.65. The lowest BCUT2D eigenvalue weighted by atomic mass is 9.98. The molecule has 0 unspecified atom stereocenters. The van der Waals surface area contributed by atoms with Crippen LogP contribution in [0.2, 0.25) is 0 Å². The molecular formula is C27H27N3O4S. The number of carbonyl (C=O) groups excluding carboxylic acids is 2. The highest BCUT2D eigenvalue weighted by Gasteiger charge is 2.21. The molecule has 7 nitrogen and oxygen atoms in total. The van der Waals surface area contributed by atoms with Gasteiger partial charge in [0.2, 0.25) is 5.91 Å². The van der Waals surface area contributed by atoms with E-state index in [0.717, 1.165) is 28.9 Å². The van der Waals surface area contributed by atoms with Crippen molar-refractivity contribution in [1.29, 1.82) is 0 Å². The number of nitrogens with zero attached hydrogens (tertiary/aromatic N) is 1. The highest BCUT2D eigenvalue weighted by Crippen LogP contribution is 2.33. The molecule has 0 bridgehead atoms. The third-order valence-electron chi connectivity index (χ3n) is 6.37. The Morgan fingerprint density at radius 1 is 1.06 bits per heavy atom. The second kappa shape index (κ2) is 9.92. The van der Waals surface area contributed by atoms with E-state index in [9.17, 15) is 14.4 Å². The monoisotopic (exact) mass is 489 g/mol. The van der Waals surface area contributed by atoms with Gasteiger partial charge in [-0.05, 0) is 49.4 Å². The summed E-state index contributed by atoms with van der Waals surface area (Å²) in [6, 6.07) is 16.7. The number of amides is 2. The number of hydrogen-bond acceptors (Lipinski definition) is 5. The van der Waals surface area contributed by atoms with Crippen molar-refractivity contribution in [3.8, 4) is 16.9 Å². The molecule has 0 atom stereocenters. The quantitative estimate of drug-likeness (QED) is 0.399. The van der Waals surface area contributed by atoms with Gasteiger partial charge in [0.15, 0.2) is 0 Å². The first kappa shape index (κ1) is 23.1. The number of nitrogens with one attached hydrogen (secondary N) is 1. The number of pyridine rings is 1. The zero-order valence-electron chi connectivity index (χ0n) is 19.3. The van der Waals surface area contributed by atoms with E-state index in [2.05, 4.69) is 5.32 Å². The summed E-state index contributed by atoms with van der Waals surface area (Å²) in [5.41, 5.74) is 7.28. The maximum absolute atomic E-state index is 13.7. The van der Waals surface area contributed by atoms with Gasteiger partial charge < -0.3 is 15.8 Å². The molecule has 0 saturated heterocycles. The minimum absolute atomic E-state index is 0.0431. The summed E-state index contributed by atoms with van der Waals surface area (Å²) in [6.45, 7) is 0.129. The zero-order chi connectivity index (χ0) is 24.4. The highest BCUT2D eigenvalue weighted by molar-refractivity contribution is 7.24. The van der Waals surface area contributed by atoms with Crippen molar-refractivity contribution in [2.45, 2.75) is 44.6 Å². The predicted molar refractivity (Wildman–Crippen MR) is 138 cm³/mol. The maximum atomic E-state index is 13.7. The fourth-order valence-corrected chi connectivity index (χ4v) is 5.75. The summed E-state index contributed by atoms with van der Waals surface area (Å²) in [5.74, 6) is -0.114. The molecule has 1 aliphatic rings. The normalized spacial score (nSPS) is 14.3. The van der Waals surface area contributed by atoms with Crippen molar-refractivity contribution in [3.63, 3.8) is 0 Å². The molecule has 2 heterocycles. The Kier molecular flexibility index (Phi) is 6.55.